The Labute approximate surface area is 108 Å². The van der Waals surface area contributed by atoms with E-state index in [-0.39, 0.29) is 0 Å². The molecule has 17 heavy (non-hydrogen) atoms. The Hall–Kier alpha value is -0.0800. The van der Waals surface area contributed by atoms with Gasteiger partial charge in [0.25, 0.3) is 0 Å². The quantitative estimate of drug-likeness (QED) is 0.814. The molecule has 3 atom stereocenters. The Balaban J connectivity index is 2.87. The minimum atomic E-state index is 0.297. The van der Waals surface area contributed by atoms with Gasteiger partial charge in [0.15, 0.2) is 0 Å². The van der Waals surface area contributed by atoms with Crippen LogP contribution in [0.25, 0.3) is 0 Å². The van der Waals surface area contributed by atoms with Gasteiger partial charge in [0.05, 0.1) is 0 Å². The van der Waals surface area contributed by atoms with Crippen LogP contribution in [0.3, 0.4) is 0 Å². The summed E-state index contributed by atoms with van der Waals surface area (Å²) in [4.78, 5) is 2.74. The highest BCUT2D eigenvalue weighted by molar-refractivity contribution is 4.99. The summed E-state index contributed by atoms with van der Waals surface area (Å²) in [7, 11) is 0. The summed E-state index contributed by atoms with van der Waals surface area (Å²) < 4.78 is 0. The summed E-state index contributed by atoms with van der Waals surface area (Å²) in [5, 5.41) is 3.77. The van der Waals surface area contributed by atoms with E-state index in [1.54, 1.807) is 0 Å². The van der Waals surface area contributed by atoms with E-state index in [4.69, 9.17) is 0 Å². The Morgan fingerprint density at radius 3 is 2.35 bits per heavy atom. The lowest BCUT2D eigenvalue weighted by Crippen LogP contribution is -2.67. The molecule has 0 aliphatic carbocycles. The SMILES string of the molecule is CCC(C)N1CC(C)(CC)NCC1C(C)(C)C. The van der Waals surface area contributed by atoms with Crippen molar-refractivity contribution >= 4 is 0 Å². The van der Waals surface area contributed by atoms with Crippen molar-refractivity contribution < 1.29 is 0 Å². The molecule has 1 heterocycles. The average molecular weight is 240 g/mol. The molecule has 1 fully saturated rings. The predicted octanol–water partition coefficient (Wildman–Crippen LogP) is 3.27. The minimum Gasteiger partial charge on any atom is -0.309 e. The van der Waals surface area contributed by atoms with Crippen LogP contribution < -0.4 is 5.32 Å². The Bertz CT molecular complexity index is 244. The summed E-state index contributed by atoms with van der Waals surface area (Å²) in [6.07, 6.45) is 2.45. The van der Waals surface area contributed by atoms with Gasteiger partial charge in [0.2, 0.25) is 0 Å². The zero-order valence-electron chi connectivity index (χ0n) is 12.9. The average Bonchev–Trinajstić information content (AvgIpc) is 2.26. The van der Waals surface area contributed by atoms with Gasteiger partial charge in [-0.05, 0) is 32.1 Å². The molecule has 0 amide bonds. The highest BCUT2D eigenvalue weighted by atomic mass is 15.3. The maximum atomic E-state index is 3.77. The molecule has 2 nitrogen and oxygen atoms in total. The summed E-state index contributed by atoms with van der Waals surface area (Å²) in [5.41, 5.74) is 0.649. The Morgan fingerprint density at radius 1 is 1.35 bits per heavy atom. The lowest BCUT2D eigenvalue weighted by molar-refractivity contribution is -0.000905. The third kappa shape index (κ3) is 3.45. The lowest BCUT2D eigenvalue weighted by Gasteiger charge is -2.52. The monoisotopic (exact) mass is 240 g/mol. The van der Waals surface area contributed by atoms with Crippen molar-refractivity contribution in [1.82, 2.24) is 10.2 Å². The normalized spacial score (nSPS) is 33.7. The molecule has 1 aliphatic rings. The second kappa shape index (κ2) is 5.27. The van der Waals surface area contributed by atoms with E-state index in [0.29, 0.717) is 23.0 Å². The number of nitrogens with zero attached hydrogens (tertiary/aromatic N) is 1. The fourth-order valence-electron chi connectivity index (χ4n) is 2.77. The molecule has 0 radical (unpaired) electrons. The second-order valence-corrected chi connectivity index (χ2v) is 7.11. The van der Waals surface area contributed by atoms with Crippen molar-refractivity contribution in [3.05, 3.63) is 0 Å². The van der Waals surface area contributed by atoms with E-state index < -0.39 is 0 Å². The molecule has 3 unspecified atom stereocenters. The van der Waals surface area contributed by atoms with Crippen LogP contribution in [0.1, 0.15) is 61.3 Å². The third-order valence-corrected chi connectivity index (χ3v) is 4.59. The summed E-state index contributed by atoms with van der Waals surface area (Å²) in [6, 6.07) is 1.34. The first kappa shape index (κ1) is 15.0. The molecule has 1 rings (SSSR count). The third-order valence-electron chi connectivity index (χ3n) is 4.59. The van der Waals surface area contributed by atoms with Gasteiger partial charge in [0, 0.05) is 30.7 Å². The zero-order valence-corrected chi connectivity index (χ0v) is 12.9. The van der Waals surface area contributed by atoms with Crippen molar-refractivity contribution in [3.63, 3.8) is 0 Å². The van der Waals surface area contributed by atoms with E-state index in [1.165, 1.54) is 19.4 Å². The van der Waals surface area contributed by atoms with Gasteiger partial charge in [-0.3, -0.25) is 4.90 Å². The molecule has 0 aromatic heterocycles. The van der Waals surface area contributed by atoms with Gasteiger partial charge >= 0.3 is 0 Å². The van der Waals surface area contributed by atoms with E-state index in [1.807, 2.05) is 0 Å². The summed E-state index contributed by atoms with van der Waals surface area (Å²) >= 11 is 0. The standard InChI is InChI=1S/C15H32N2/c1-8-12(3)17-11-15(7,9-2)16-10-13(17)14(4,5)6/h12-13,16H,8-11H2,1-7H3. The summed E-state index contributed by atoms with van der Waals surface area (Å²) in [6.45, 7) is 18.7. The van der Waals surface area contributed by atoms with E-state index in [9.17, 15) is 0 Å². The number of rotatable bonds is 3. The molecule has 1 aliphatic heterocycles. The second-order valence-electron chi connectivity index (χ2n) is 7.11. The number of hydrogen-bond donors (Lipinski definition) is 1. The Morgan fingerprint density at radius 2 is 1.94 bits per heavy atom. The largest absolute Gasteiger partial charge is 0.309 e. The van der Waals surface area contributed by atoms with Crippen LogP contribution >= 0.6 is 0 Å². The van der Waals surface area contributed by atoms with Gasteiger partial charge in [-0.15, -0.1) is 0 Å². The molecule has 1 saturated heterocycles. The van der Waals surface area contributed by atoms with Crippen molar-refractivity contribution in [2.24, 2.45) is 5.41 Å². The van der Waals surface area contributed by atoms with Crippen LogP contribution in [0.5, 0.6) is 0 Å². The molecule has 0 spiro atoms. The van der Waals surface area contributed by atoms with Crippen LogP contribution in [0.15, 0.2) is 0 Å². The Kier molecular flexibility index (Phi) is 4.65. The van der Waals surface area contributed by atoms with Crippen LogP contribution in [0.2, 0.25) is 0 Å². The van der Waals surface area contributed by atoms with Crippen molar-refractivity contribution in [1.29, 1.82) is 0 Å². The molecular weight excluding hydrogens is 208 g/mol. The molecule has 0 aromatic rings. The van der Waals surface area contributed by atoms with Gasteiger partial charge in [0.1, 0.15) is 0 Å². The van der Waals surface area contributed by atoms with Crippen molar-refractivity contribution in [2.75, 3.05) is 13.1 Å². The van der Waals surface area contributed by atoms with Gasteiger partial charge in [-0.2, -0.15) is 0 Å². The zero-order chi connectivity index (χ0) is 13.3. The molecular formula is C15H32N2. The highest BCUT2D eigenvalue weighted by Crippen LogP contribution is 2.31. The number of piperazine rings is 1. The molecule has 1 N–H and O–H groups in total. The van der Waals surface area contributed by atoms with Crippen LogP contribution in [-0.4, -0.2) is 35.6 Å². The fraction of sp³-hybridized carbons (Fsp3) is 1.00. The van der Waals surface area contributed by atoms with E-state index in [0.717, 1.165) is 6.54 Å². The fourth-order valence-corrected chi connectivity index (χ4v) is 2.77. The van der Waals surface area contributed by atoms with Crippen LogP contribution in [0.4, 0.5) is 0 Å². The molecule has 0 bridgehead atoms. The maximum Gasteiger partial charge on any atom is 0.0278 e. The molecule has 0 aromatic carbocycles. The van der Waals surface area contributed by atoms with Gasteiger partial charge in [-0.25, -0.2) is 0 Å². The molecule has 2 heteroatoms. The van der Waals surface area contributed by atoms with Crippen LogP contribution in [-0.2, 0) is 0 Å². The predicted molar refractivity (Wildman–Crippen MR) is 76.4 cm³/mol. The lowest BCUT2D eigenvalue weighted by atomic mass is 9.80. The minimum absolute atomic E-state index is 0.297. The number of hydrogen-bond acceptors (Lipinski definition) is 2. The highest BCUT2D eigenvalue weighted by Gasteiger charge is 2.40. The van der Waals surface area contributed by atoms with E-state index >= 15 is 0 Å². The van der Waals surface area contributed by atoms with Crippen LogP contribution in [0, 0.1) is 5.41 Å². The van der Waals surface area contributed by atoms with Gasteiger partial charge < -0.3 is 5.32 Å². The first-order valence-electron chi connectivity index (χ1n) is 7.24. The van der Waals surface area contributed by atoms with Crippen molar-refractivity contribution in [2.45, 2.75) is 78.9 Å². The van der Waals surface area contributed by atoms with E-state index in [2.05, 4.69) is 58.7 Å². The molecule has 0 saturated carbocycles. The topological polar surface area (TPSA) is 15.3 Å². The maximum absolute atomic E-state index is 3.77. The smallest absolute Gasteiger partial charge is 0.0278 e. The first-order valence-corrected chi connectivity index (χ1v) is 7.24. The van der Waals surface area contributed by atoms with Gasteiger partial charge in [-0.1, -0.05) is 34.6 Å². The molecule has 102 valence electrons. The number of nitrogens with one attached hydrogen (secondary N) is 1. The summed E-state index contributed by atoms with van der Waals surface area (Å²) in [5.74, 6) is 0. The first-order chi connectivity index (χ1) is 7.73. The van der Waals surface area contributed by atoms with Crippen molar-refractivity contribution in [3.8, 4) is 0 Å².